The molecule has 1 aliphatic rings. The largest absolute Gasteiger partial charge is 0.444 e. The van der Waals surface area contributed by atoms with Crippen LogP contribution in [0.15, 0.2) is 47.4 Å². The predicted octanol–water partition coefficient (Wildman–Crippen LogP) is 5.19. The summed E-state index contributed by atoms with van der Waals surface area (Å²) in [5.74, 6) is -0.721. The van der Waals surface area contributed by atoms with Crippen molar-refractivity contribution in [1.82, 2.24) is 9.62 Å². The van der Waals surface area contributed by atoms with Crippen molar-refractivity contribution in [1.29, 1.82) is 0 Å². The first kappa shape index (κ1) is 26.0. The highest BCUT2D eigenvalue weighted by atomic mass is 32.2. The monoisotopic (exact) mass is 502 g/mol. The zero-order chi connectivity index (χ0) is 25.3. The molecular weight excluding hydrogens is 476 g/mol. The van der Waals surface area contributed by atoms with Crippen molar-refractivity contribution in [3.8, 4) is 11.1 Å². The number of rotatable bonds is 4. The Morgan fingerprint density at radius 1 is 1.06 bits per heavy atom. The van der Waals surface area contributed by atoms with E-state index in [1.165, 1.54) is 23.1 Å². The number of ether oxygens (including phenoxy) is 1. The van der Waals surface area contributed by atoms with Crippen LogP contribution in [0.25, 0.3) is 11.1 Å². The molecule has 1 heterocycles. The van der Waals surface area contributed by atoms with Crippen LogP contribution in [0, 0.1) is 5.82 Å². The molecule has 0 aliphatic carbocycles. The van der Waals surface area contributed by atoms with Gasteiger partial charge in [0, 0.05) is 24.7 Å². The highest BCUT2D eigenvalue weighted by molar-refractivity contribution is 7.89. The molecule has 2 aromatic carbocycles. The van der Waals surface area contributed by atoms with Crippen LogP contribution in [-0.2, 0) is 20.9 Å². The molecule has 34 heavy (non-hydrogen) atoms. The maximum atomic E-state index is 14.1. The van der Waals surface area contributed by atoms with Crippen LogP contribution in [-0.4, -0.2) is 44.1 Å². The Morgan fingerprint density at radius 3 is 2.24 bits per heavy atom. The van der Waals surface area contributed by atoms with Gasteiger partial charge in [0.2, 0.25) is 10.0 Å². The molecule has 0 saturated carbocycles. The number of likely N-dealkylation sites (tertiary alicyclic amines) is 1. The summed E-state index contributed by atoms with van der Waals surface area (Å²) in [6, 6.07) is 7.26. The van der Waals surface area contributed by atoms with E-state index in [1.807, 2.05) is 0 Å². The van der Waals surface area contributed by atoms with E-state index >= 15 is 0 Å². The summed E-state index contributed by atoms with van der Waals surface area (Å²) in [6.45, 7) is 5.56. The predicted molar refractivity (Wildman–Crippen MR) is 118 cm³/mol. The van der Waals surface area contributed by atoms with Crippen LogP contribution < -0.4 is 4.72 Å². The number of alkyl halides is 3. The van der Waals surface area contributed by atoms with Gasteiger partial charge in [-0.3, -0.25) is 0 Å². The molecular formula is C23H26F4N2O4S. The Kier molecular flexibility index (Phi) is 7.28. The number of nitrogens with one attached hydrogen (secondary N) is 1. The van der Waals surface area contributed by atoms with Gasteiger partial charge in [-0.2, -0.15) is 13.2 Å². The van der Waals surface area contributed by atoms with Crippen molar-refractivity contribution >= 4 is 16.1 Å². The van der Waals surface area contributed by atoms with Gasteiger partial charge in [0.15, 0.2) is 0 Å². The van der Waals surface area contributed by atoms with Gasteiger partial charge in [-0.1, -0.05) is 24.3 Å². The van der Waals surface area contributed by atoms with Gasteiger partial charge in [0.05, 0.1) is 10.5 Å². The summed E-state index contributed by atoms with van der Waals surface area (Å²) >= 11 is 0. The fourth-order valence-electron chi connectivity index (χ4n) is 3.64. The Labute approximate surface area is 196 Å². The van der Waals surface area contributed by atoms with Crippen LogP contribution in [0.1, 0.15) is 39.2 Å². The number of carbonyl (C=O) groups excluding carboxylic acids is 1. The fourth-order valence-corrected chi connectivity index (χ4v) is 5.15. The summed E-state index contributed by atoms with van der Waals surface area (Å²) in [5, 5.41) is 0. The molecule has 6 nitrogen and oxygen atoms in total. The van der Waals surface area contributed by atoms with Crippen molar-refractivity contribution in [2.45, 2.75) is 56.3 Å². The van der Waals surface area contributed by atoms with E-state index in [-0.39, 0.29) is 37.1 Å². The van der Waals surface area contributed by atoms with Gasteiger partial charge in [-0.05, 0) is 57.4 Å². The first-order valence-corrected chi connectivity index (χ1v) is 12.1. The van der Waals surface area contributed by atoms with Crippen LogP contribution in [0.3, 0.4) is 0 Å². The molecule has 0 atom stereocenters. The molecule has 0 unspecified atom stereocenters. The van der Waals surface area contributed by atoms with E-state index in [2.05, 4.69) is 4.72 Å². The molecule has 3 rings (SSSR count). The lowest BCUT2D eigenvalue weighted by atomic mass is 10.0. The zero-order valence-electron chi connectivity index (χ0n) is 18.9. The van der Waals surface area contributed by atoms with Crippen LogP contribution >= 0.6 is 0 Å². The molecule has 1 fully saturated rings. The second-order valence-corrected chi connectivity index (χ2v) is 10.7. The van der Waals surface area contributed by atoms with E-state index in [1.54, 1.807) is 20.8 Å². The normalized spacial score (nSPS) is 15.9. The molecule has 1 amide bonds. The number of amides is 1. The average Bonchev–Trinajstić information content (AvgIpc) is 2.72. The van der Waals surface area contributed by atoms with Gasteiger partial charge in [-0.25, -0.2) is 22.3 Å². The first-order chi connectivity index (χ1) is 15.7. The molecule has 1 aliphatic heterocycles. The lowest BCUT2D eigenvalue weighted by Crippen LogP contribution is -2.47. The van der Waals surface area contributed by atoms with Gasteiger partial charge in [0.25, 0.3) is 0 Å². The second-order valence-electron chi connectivity index (χ2n) is 9.05. The second kappa shape index (κ2) is 9.53. The van der Waals surface area contributed by atoms with Gasteiger partial charge >= 0.3 is 12.3 Å². The maximum absolute atomic E-state index is 14.1. The Hall–Kier alpha value is -2.66. The Bertz CT molecular complexity index is 1150. The lowest BCUT2D eigenvalue weighted by molar-refractivity contribution is -0.139. The van der Waals surface area contributed by atoms with Crippen LogP contribution in [0.4, 0.5) is 22.4 Å². The third kappa shape index (κ3) is 6.26. The average molecular weight is 503 g/mol. The van der Waals surface area contributed by atoms with E-state index in [0.29, 0.717) is 6.07 Å². The van der Waals surface area contributed by atoms with E-state index in [0.717, 1.165) is 18.2 Å². The van der Waals surface area contributed by atoms with Crippen molar-refractivity contribution < 1.29 is 35.5 Å². The minimum atomic E-state index is -4.98. The molecule has 0 spiro atoms. The number of benzene rings is 2. The van der Waals surface area contributed by atoms with Crippen LogP contribution in [0.2, 0.25) is 0 Å². The summed E-state index contributed by atoms with van der Waals surface area (Å²) in [6.07, 6.45) is -5.08. The number of nitrogens with zero attached hydrogens (tertiary/aromatic N) is 1. The number of hydrogen-bond donors (Lipinski definition) is 1. The van der Waals surface area contributed by atoms with Gasteiger partial charge in [0.1, 0.15) is 11.4 Å². The molecule has 0 bridgehead atoms. The molecule has 2 aromatic rings. The van der Waals surface area contributed by atoms with Crippen molar-refractivity contribution in [2.24, 2.45) is 0 Å². The summed E-state index contributed by atoms with van der Waals surface area (Å²) in [7, 11) is -4.55. The van der Waals surface area contributed by atoms with E-state index in [4.69, 9.17) is 4.74 Å². The molecule has 0 radical (unpaired) electrons. The van der Waals surface area contributed by atoms with Crippen molar-refractivity contribution in [2.75, 3.05) is 13.1 Å². The third-order valence-corrected chi connectivity index (χ3v) is 6.81. The number of sulfonamides is 1. The number of halogens is 4. The fraction of sp³-hybridized carbons (Fsp3) is 0.435. The topological polar surface area (TPSA) is 75.7 Å². The number of hydrogen-bond acceptors (Lipinski definition) is 4. The number of piperidine rings is 1. The molecule has 1 N–H and O–H groups in total. The quantitative estimate of drug-likeness (QED) is 0.584. The summed E-state index contributed by atoms with van der Waals surface area (Å²) in [4.78, 5) is 12.7. The van der Waals surface area contributed by atoms with Crippen molar-refractivity contribution in [3.63, 3.8) is 0 Å². The maximum Gasteiger partial charge on any atom is 0.417 e. The summed E-state index contributed by atoms with van der Waals surface area (Å²) in [5.41, 5.74) is -2.22. The highest BCUT2D eigenvalue weighted by Crippen LogP contribution is 2.37. The minimum absolute atomic E-state index is 0.0700. The third-order valence-electron chi connectivity index (χ3n) is 5.23. The van der Waals surface area contributed by atoms with Gasteiger partial charge in [-0.15, -0.1) is 0 Å². The van der Waals surface area contributed by atoms with Crippen molar-refractivity contribution in [3.05, 3.63) is 53.8 Å². The zero-order valence-corrected chi connectivity index (χ0v) is 19.8. The van der Waals surface area contributed by atoms with Crippen LogP contribution in [0.5, 0.6) is 0 Å². The summed E-state index contributed by atoms with van der Waals surface area (Å²) < 4.78 is 88.8. The molecule has 1 saturated heterocycles. The highest BCUT2D eigenvalue weighted by Gasteiger charge is 2.39. The molecule has 186 valence electrons. The SMILES string of the molecule is CC(C)(C)OC(=O)N1CCC(NS(=O)(=O)c2ccc(-c3ccccc3F)cc2C(F)(F)F)CC1. The Morgan fingerprint density at radius 2 is 1.68 bits per heavy atom. The minimum Gasteiger partial charge on any atom is -0.444 e. The number of carbonyl (C=O) groups is 1. The van der Waals surface area contributed by atoms with E-state index < -0.39 is 50.2 Å². The van der Waals surface area contributed by atoms with Gasteiger partial charge < -0.3 is 9.64 Å². The molecule has 0 aromatic heterocycles. The Balaban J connectivity index is 1.80. The first-order valence-electron chi connectivity index (χ1n) is 10.6. The standard InChI is InChI=1S/C23H26F4N2O4S/c1-22(2,3)33-21(30)29-12-10-16(11-13-29)28-34(31,32)20-9-8-15(14-18(20)23(25,26)27)17-6-4-5-7-19(17)24/h4-9,14,16,28H,10-13H2,1-3H3. The molecule has 11 heteroatoms. The smallest absolute Gasteiger partial charge is 0.417 e. The van der Waals surface area contributed by atoms with E-state index in [9.17, 15) is 30.8 Å². The lowest BCUT2D eigenvalue weighted by Gasteiger charge is -2.33.